The van der Waals surface area contributed by atoms with Crippen molar-refractivity contribution in [1.82, 2.24) is 30.0 Å². The molecule has 2 saturated carbocycles. The topological polar surface area (TPSA) is 189 Å². The molecule has 2 aromatic heterocycles. The number of rotatable bonds is 15. The van der Waals surface area contributed by atoms with Crippen molar-refractivity contribution in [3.63, 3.8) is 0 Å². The van der Waals surface area contributed by atoms with Gasteiger partial charge in [-0.3, -0.25) is 33.3 Å². The number of halogens is 2. The Kier molecular flexibility index (Phi) is 12.5. The number of nitrogens with zero attached hydrogens (tertiary/aromatic N) is 8. The number of ketones is 2. The van der Waals surface area contributed by atoms with E-state index in [2.05, 4.69) is 48.0 Å². The first-order valence-electron chi connectivity index (χ1n) is 21.3. The van der Waals surface area contributed by atoms with Crippen molar-refractivity contribution < 1.29 is 38.2 Å². The quantitative estimate of drug-likeness (QED) is 0.0519. The molecule has 0 unspecified atom stereocenters. The van der Waals surface area contributed by atoms with Gasteiger partial charge in [-0.1, -0.05) is 79.0 Å². The summed E-state index contributed by atoms with van der Waals surface area (Å²) in [4.78, 5) is 80.4. The van der Waals surface area contributed by atoms with E-state index in [0.717, 1.165) is 37.7 Å². The minimum atomic E-state index is -0.709. The molecule has 64 heavy (non-hydrogen) atoms. The number of amides is 2. The van der Waals surface area contributed by atoms with Crippen LogP contribution in [0.2, 0.25) is 10.0 Å². The summed E-state index contributed by atoms with van der Waals surface area (Å²) >= 11 is 12.1. The molecule has 2 aliphatic heterocycles. The van der Waals surface area contributed by atoms with Crippen molar-refractivity contribution in [2.45, 2.75) is 92.0 Å². The van der Waals surface area contributed by atoms with Crippen molar-refractivity contribution >= 4 is 69.9 Å². The van der Waals surface area contributed by atoms with Gasteiger partial charge < -0.3 is 19.3 Å². The summed E-state index contributed by atoms with van der Waals surface area (Å²) in [6.45, 7) is 11.7. The zero-order chi connectivity index (χ0) is 45.5. The maximum Gasteiger partial charge on any atom is 0.334 e. The van der Waals surface area contributed by atoms with Gasteiger partial charge in [0.2, 0.25) is 0 Å². The lowest BCUT2D eigenvalue weighted by Crippen LogP contribution is -2.49. The average Bonchev–Trinajstić information content (AvgIpc) is 4.02. The Morgan fingerprint density at radius 1 is 0.797 bits per heavy atom. The molecule has 2 amide bonds. The van der Waals surface area contributed by atoms with Crippen molar-refractivity contribution in [2.75, 3.05) is 22.9 Å². The standard InChI is InChI=1S/C46H48Cl2N8O8/c1-27-6-13-38-45(2,3)14-5-15-46(38,4)35(27)10-7-28(44(62)64-26-32-24-54(52-50-32)17-19-56-37-12-9-30(48)22-34(37)41(59)43(56)61)20-39(57)63-25-31-23-53(51-49-31)16-18-55-36-11-8-29(47)21-33(36)40(58)42(55)60/h7-9,11-12,21-24,35,38H,1,5-6,10,13-20,25-26H2,2-4H3/b28-7+/t35-,38-,46+/m0/s1. The van der Waals surface area contributed by atoms with E-state index < -0.39 is 35.3 Å². The number of carbonyl (C=O) groups excluding carboxylic acids is 6. The Hall–Kier alpha value is -6.00. The van der Waals surface area contributed by atoms with Crippen LogP contribution in [0, 0.1) is 22.7 Å². The Bertz CT molecular complexity index is 2620. The molecule has 0 N–H and O–H groups in total. The van der Waals surface area contributed by atoms with Gasteiger partial charge in [0.15, 0.2) is 0 Å². The summed E-state index contributed by atoms with van der Waals surface area (Å²) in [5, 5.41) is 17.2. The first-order chi connectivity index (χ1) is 30.5. The number of fused-ring (bicyclic) bond motifs is 3. The Morgan fingerprint density at radius 2 is 1.34 bits per heavy atom. The third kappa shape index (κ3) is 8.90. The average molecular weight is 912 g/mol. The van der Waals surface area contributed by atoms with Gasteiger partial charge in [0.25, 0.3) is 23.4 Å². The Labute approximate surface area is 379 Å². The van der Waals surface area contributed by atoms with Crippen LogP contribution < -0.4 is 9.80 Å². The SMILES string of the molecule is C=C1CC[C@H]2C(C)(C)CCC[C@]2(C)[C@H]1C/C=C(\CC(=O)OCc1cn(CCN2C(=O)C(=O)c3cc(Cl)ccc32)nn1)C(=O)OCc1cn(CCN2C(=O)C(=O)c3cc(Cl)ccc32)nn1. The summed E-state index contributed by atoms with van der Waals surface area (Å²) in [6.07, 6.45) is 10.4. The number of esters is 2. The number of Topliss-reactive ketones (excluding diaryl/α,β-unsaturated/α-hetero) is 2. The first kappa shape index (κ1) is 44.6. The molecule has 3 atom stereocenters. The molecule has 16 nitrogen and oxygen atoms in total. The second kappa shape index (κ2) is 17.9. The molecule has 0 radical (unpaired) electrons. The number of carbonyl (C=O) groups is 6. The number of aromatic nitrogens is 6. The summed E-state index contributed by atoms with van der Waals surface area (Å²) in [5.41, 5.74) is 3.54. The number of ether oxygens (including phenoxy) is 2. The molecule has 0 bridgehead atoms. The maximum absolute atomic E-state index is 13.8. The molecular weight excluding hydrogens is 863 g/mol. The first-order valence-corrected chi connectivity index (χ1v) is 22.1. The van der Waals surface area contributed by atoms with Crippen LogP contribution in [0.3, 0.4) is 0 Å². The maximum atomic E-state index is 13.8. The molecule has 0 saturated heterocycles. The van der Waals surface area contributed by atoms with Gasteiger partial charge in [0.05, 0.1) is 54.4 Å². The lowest BCUT2D eigenvalue weighted by Gasteiger charge is -2.58. The highest BCUT2D eigenvalue weighted by Crippen LogP contribution is 2.61. The lowest BCUT2D eigenvalue weighted by molar-refractivity contribution is -0.147. The number of allylic oxidation sites excluding steroid dienone is 2. The van der Waals surface area contributed by atoms with E-state index >= 15 is 0 Å². The highest BCUT2D eigenvalue weighted by Gasteiger charge is 2.52. The van der Waals surface area contributed by atoms with E-state index in [4.69, 9.17) is 32.7 Å². The van der Waals surface area contributed by atoms with Gasteiger partial charge in [-0.2, -0.15) is 0 Å². The van der Waals surface area contributed by atoms with Gasteiger partial charge in [0, 0.05) is 28.7 Å². The summed E-state index contributed by atoms with van der Waals surface area (Å²) in [7, 11) is 0. The van der Waals surface area contributed by atoms with Gasteiger partial charge in [-0.25, -0.2) is 4.79 Å². The highest BCUT2D eigenvalue weighted by molar-refractivity contribution is 6.53. The van der Waals surface area contributed by atoms with Crippen LogP contribution in [0.1, 0.15) is 97.8 Å². The van der Waals surface area contributed by atoms with E-state index in [1.807, 2.05) is 0 Å². The van der Waals surface area contributed by atoms with E-state index in [1.54, 1.807) is 42.7 Å². The minimum Gasteiger partial charge on any atom is -0.459 e. The number of anilines is 2. The largest absolute Gasteiger partial charge is 0.459 e. The molecule has 2 aliphatic carbocycles. The Morgan fingerprint density at radius 3 is 1.91 bits per heavy atom. The van der Waals surface area contributed by atoms with Gasteiger partial charge >= 0.3 is 11.9 Å². The second-order valence-corrected chi connectivity index (χ2v) is 18.7. The second-order valence-electron chi connectivity index (χ2n) is 17.9. The third-order valence-electron chi connectivity index (χ3n) is 13.4. The molecule has 0 spiro atoms. The van der Waals surface area contributed by atoms with Crippen molar-refractivity contribution in [3.05, 3.63) is 105 Å². The van der Waals surface area contributed by atoms with Crippen LogP contribution in [-0.4, -0.2) is 78.4 Å². The lowest BCUT2D eigenvalue weighted by atomic mass is 9.47. The smallest absolute Gasteiger partial charge is 0.334 e. The predicted octanol–water partition coefficient (Wildman–Crippen LogP) is 6.93. The van der Waals surface area contributed by atoms with Crippen LogP contribution in [-0.2, 0) is 55.0 Å². The molecule has 2 aromatic carbocycles. The fourth-order valence-corrected chi connectivity index (χ4v) is 10.6. The van der Waals surface area contributed by atoms with E-state index in [-0.39, 0.29) is 79.3 Å². The Balaban J connectivity index is 0.909. The summed E-state index contributed by atoms with van der Waals surface area (Å²) in [6, 6.07) is 9.42. The molecule has 8 rings (SSSR count). The summed E-state index contributed by atoms with van der Waals surface area (Å²) in [5.74, 6) is -3.37. The molecule has 4 aromatic rings. The third-order valence-corrected chi connectivity index (χ3v) is 13.9. The van der Waals surface area contributed by atoms with Crippen molar-refractivity contribution in [3.8, 4) is 0 Å². The molecule has 334 valence electrons. The molecule has 2 fully saturated rings. The van der Waals surface area contributed by atoms with Gasteiger partial charge in [-0.15, -0.1) is 10.2 Å². The molecule has 4 aliphatic rings. The van der Waals surface area contributed by atoms with E-state index in [0.29, 0.717) is 45.1 Å². The zero-order valence-corrected chi connectivity index (χ0v) is 37.4. The van der Waals surface area contributed by atoms with Crippen LogP contribution in [0.15, 0.2) is 72.6 Å². The number of hydrogen-bond donors (Lipinski definition) is 0. The van der Waals surface area contributed by atoms with Crippen LogP contribution >= 0.6 is 23.2 Å². The predicted molar refractivity (Wildman–Crippen MR) is 234 cm³/mol. The van der Waals surface area contributed by atoms with Crippen LogP contribution in [0.5, 0.6) is 0 Å². The van der Waals surface area contributed by atoms with Crippen LogP contribution in [0.25, 0.3) is 0 Å². The number of benzene rings is 2. The van der Waals surface area contributed by atoms with Crippen LogP contribution in [0.4, 0.5) is 11.4 Å². The van der Waals surface area contributed by atoms with Gasteiger partial charge in [0.1, 0.15) is 24.6 Å². The van der Waals surface area contributed by atoms with Crippen molar-refractivity contribution in [2.24, 2.45) is 22.7 Å². The monoisotopic (exact) mass is 910 g/mol. The van der Waals surface area contributed by atoms with Crippen molar-refractivity contribution in [1.29, 1.82) is 0 Å². The van der Waals surface area contributed by atoms with E-state index in [1.165, 1.54) is 31.3 Å². The van der Waals surface area contributed by atoms with E-state index in [9.17, 15) is 28.8 Å². The molecule has 18 heteroatoms. The summed E-state index contributed by atoms with van der Waals surface area (Å²) < 4.78 is 14.3. The minimum absolute atomic E-state index is 0.0236. The fourth-order valence-electron chi connectivity index (χ4n) is 10.2. The fraction of sp³-hybridized carbons (Fsp3) is 0.435. The number of hydrogen-bond acceptors (Lipinski definition) is 12. The molecule has 4 heterocycles. The zero-order valence-electron chi connectivity index (χ0n) is 35.8. The van der Waals surface area contributed by atoms with Gasteiger partial charge in [-0.05, 0) is 91.2 Å². The normalized spacial score (nSPS) is 21.6. The molecular formula is C46H48Cl2N8O8. The highest BCUT2D eigenvalue weighted by atomic mass is 35.5.